The first kappa shape index (κ1) is 13.6. The summed E-state index contributed by atoms with van der Waals surface area (Å²) < 4.78 is 0. The Kier molecular flexibility index (Phi) is 6.21. The minimum absolute atomic E-state index is 0.0956. The van der Waals surface area contributed by atoms with E-state index < -0.39 is 0 Å². The molecule has 1 heterocycles. The molecule has 0 aromatic carbocycles. The summed E-state index contributed by atoms with van der Waals surface area (Å²) in [6.45, 7) is 1.88. The van der Waals surface area contributed by atoms with E-state index in [0.717, 1.165) is 25.9 Å². The molecule has 0 aliphatic rings. The van der Waals surface area contributed by atoms with E-state index in [1.165, 1.54) is 5.56 Å². The fraction of sp³-hybridized carbons (Fsp3) is 0.500. The molecule has 1 amide bonds. The van der Waals surface area contributed by atoms with Crippen molar-refractivity contribution >= 4 is 5.91 Å². The van der Waals surface area contributed by atoms with Gasteiger partial charge in [0.25, 0.3) is 0 Å². The predicted octanol–water partition coefficient (Wildman–Crippen LogP) is 0.674. The smallest absolute Gasteiger partial charge is 0.233 e. The molecule has 0 radical (unpaired) electrons. The van der Waals surface area contributed by atoms with E-state index in [4.69, 9.17) is 5.84 Å². The van der Waals surface area contributed by atoms with Gasteiger partial charge in [-0.25, -0.2) is 5.84 Å². The standard InChI is InChI=1S/C12H20N4O/c1-16(9-3-2-4-12(17)15-13)10-11-5-7-14-8-6-11/h5-8H,2-4,9-10,13H2,1H3,(H,15,17). The van der Waals surface area contributed by atoms with Crippen LogP contribution in [0.15, 0.2) is 24.5 Å². The van der Waals surface area contributed by atoms with Crippen LogP contribution in [0.5, 0.6) is 0 Å². The highest BCUT2D eigenvalue weighted by Gasteiger charge is 2.01. The molecule has 0 saturated carbocycles. The highest BCUT2D eigenvalue weighted by Crippen LogP contribution is 2.03. The summed E-state index contributed by atoms with van der Waals surface area (Å²) in [5, 5.41) is 0. The molecule has 17 heavy (non-hydrogen) atoms. The third-order valence-electron chi connectivity index (χ3n) is 2.56. The van der Waals surface area contributed by atoms with Gasteiger partial charge < -0.3 is 4.90 Å². The maximum Gasteiger partial charge on any atom is 0.233 e. The van der Waals surface area contributed by atoms with Crippen LogP contribution in [0.2, 0.25) is 0 Å². The second-order valence-corrected chi connectivity index (χ2v) is 4.12. The van der Waals surface area contributed by atoms with Crippen molar-refractivity contribution in [3.05, 3.63) is 30.1 Å². The van der Waals surface area contributed by atoms with Crippen molar-refractivity contribution in [2.45, 2.75) is 25.8 Å². The highest BCUT2D eigenvalue weighted by molar-refractivity contribution is 5.75. The van der Waals surface area contributed by atoms with Crippen molar-refractivity contribution in [2.75, 3.05) is 13.6 Å². The van der Waals surface area contributed by atoms with Crippen LogP contribution >= 0.6 is 0 Å². The second-order valence-electron chi connectivity index (χ2n) is 4.12. The molecule has 0 bridgehead atoms. The summed E-state index contributed by atoms with van der Waals surface area (Å²) in [6.07, 6.45) is 5.96. The Labute approximate surface area is 102 Å². The number of rotatable bonds is 7. The number of nitrogens with two attached hydrogens (primary N) is 1. The number of amides is 1. The number of hydrogen-bond donors (Lipinski definition) is 2. The maximum atomic E-state index is 10.9. The lowest BCUT2D eigenvalue weighted by Crippen LogP contribution is -2.29. The van der Waals surface area contributed by atoms with Gasteiger partial charge in [0.15, 0.2) is 0 Å². The molecule has 1 aromatic heterocycles. The number of carbonyl (C=O) groups is 1. The molecule has 0 aliphatic heterocycles. The first-order valence-corrected chi connectivity index (χ1v) is 5.79. The lowest BCUT2D eigenvalue weighted by atomic mass is 10.2. The van der Waals surface area contributed by atoms with Crippen LogP contribution in [0.3, 0.4) is 0 Å². The fourth-order valence-electron chi connectivity index (χ4n) is 1.62. The minimum atomic E-state index is -0.0956. The molecule has 0 spiro atoms. The Morgan fingerprint density at radius 2 is 2.12 bits per heavy atom. The zero-order chi connectivity index (χ0) is 12.5. The van der Waals surface area contributed by atoms with Crippen LogP contribution in [-0.2, 0) is 11.3 Å². The molecular formula is C12H20N4O. The zero-order valence-corrected chi connectivity index (χ0v) is 10.2. The van der Waals surface area contributed by atoms with E-state index in [-0.39, 0.29) is 5.91 Å². The van der Waals surface area contributed by atoms with E-state index in [0.29, 0.717) is 6.42 Å². The minimum Gasteiger partial charge on any atom is -0.302 e. The van der Waals surface area contributed by atoms with Crippen molar-refractivity contribution in [1.29, 1.82) is 0 Å². The van der Waals surface area contributed by atoms with Crippen molar-refractivity contribution in [1.82, 2.24) is 15.3 Å². The maximum absolute atomic E-state index is 10.9. The number of hydrazine groups is 1. The Morgan fingerprint density at radius 3 is 2.76 bits per heavy atom. The number of pyridine rings is 1. The number of unbranched alkanes of at least 4 members (excludes halogenated alkanes) is 1. The van der Waals surface area contributed by atoms with Crippen LogP contribution in [-0.4, -0.2) is 29.4 Å². The van der Waals surface area contributed by atoms with Crippen LogP contribution in [0.4, 0.5) is 0 Å². The monoisotopic (exact) mass is 236 g/mol. The van der Waals surface area contributed by atoms with Gasteiger partial charge in [0.1, 0.15) is 0 Å². The molecule has 94 valence electrons. The molecule has 0 aliphatic carbocycles. The lowest BCUT2D eigenvalue weighted by Gasteiger charge is -2.16. The van der Waals surface area contributed by atoms with E-state index in [2.05, 4.69) is 22.4 Å². The molecule has 5 nitrogen and oxygen atoms in total. The molecule has 0 unspecified atom stereocenters. The first-order valence-electron chi connectivity index (χ1n) is 5.79. The van der Waals surface area contributed by atoms with Crippen LogP contribution in [0.25, 0.3) is 0 Å². The largest absolute Gasteiger partial charge is 0.302 e. The van der Waals surface area contributed by atoms with Gasteiger partial charge in [0.2, 0.25) is 5.91 Å². The number of hydrogen-bond acceptors (Lipinski definition) is 4. The SMILES string of the molecule is CN(CCCCC(=O)NN)Cc1ccncc1. The molecule has 5 heteroatoms. The summed E-state index contributed by atoms with van der Waals surface area (Å²) >= 11 is 0. The molecule has 1 aromatic rings. The number of aromatic nitrogens is 1. The summed E-state index contributed by atoms with van der Waals surface area (Å²) in [6, 6.07) is 4.02. The third-order valence-corrected chi connectivity index (χ3v) is 2.56. The van der Waals surface area contributed by atoms with Gasteiger partial charge in [0, 0.05) is 25.4 Å². The Morgan fingerprint density at radius 1 is 1.41 bits per heavy atom. The summed E-state index contributed by atoms with van der Waals surface area (Å²) in [5.41, 5.74) is 3.39. The number of nitrogens with zero attached hydrogens (tertiary/aromatic N) is 2. The van der Waals surface area contributed by atoms with E-state index in [1.54, 1.807) is 12.4 Å². The normalized spacial score (nSPS) is 10.5. The first-order chi connectivity index (χ1) is 8.22. The molecule has 0 atom stereocenters. The Balaban J connectivity index is 2.13. The van der Waals surface area contributed by atoms with Crippen LogP contribution in [0, 0.1) is 0 Å². The van der Waals surface area contributed by atoms with Crippen molar-refractivity contribution < 1.29 is 4.79 Å². The van der Waals surface area contributed by atoms with Gasteiger partial charge in [-0.3, -0.25) is 15.2 Å². The topological polar surface area (TPSA) is 71.2 Å². The number of nitrogens with one attached hydrogen (secondary N) is 1. The van der Waals surface area contributed by atoms with Gasteiger partial charge in [0.05, 0.1) is 0 Å². The quantitative estimate of drug-likeness (QED) is 0.316. The fourth-order valence-corrected chi connectivity index (χ4v) is 1.62. The van der Waals surface area contributed by atoms with Gasteiger partial charge in [-0.15, -0.1) is 0 Å². The molecule has 1 rings (SSSR count). The number of carbonyl (C=O) groups excluding carboxylic acids is 1. The van der Waals surface area contributed by atoms with Crippen LogP contribution < -0.4 is 11.3 Å². The molecule has 0 fully saturated rings. The molecule has 3 N–H and O–H groups in total. The van der Waals surface area contributed by atoms with Gasteiger partial charge in [-0.1, -0.05) is 0 Å². The van der Waals surface area contributed by atoms with Crippen molar-refractivity contribution in [2.24, 2.45) is 5.84 Å². The summed E-state index contributed by atoms with van der Waals surface area (Å²) in [4.78, 5) is 17.1. The average molecular weight is 236 g/mol. The Bertz CT molecular complexity index is 329. The van der Waals surface area contributed by atoms with Gasteiger partial charge in [-0.2, -0.15) is 0 Å². The third kappa shape index (κ3) is 5.99. The van der Waals surface area contributed by atoms with Gasteiger partial charge >= 0.3 is 0 Å². The van der Waals surface area contributed by atoms with Crippen molar-refractivity contribution in [3.63, 3.8) is 0 Å². The molecule has 0 saturated heterocycles. The lowest BCUT2D eigenvalue weighted by molar-refractivity contribution is -0.121. The molecular weight excluding hydrogens is 216 g/mol. The Hall–Kier alpha value is -1.46. The van der Waals surface area contributed by atoms with Crippen molar-refractivity contribution in [3.8, 4) is 0 Å². The summed E-state index contributed by atoms with van der Waals surface area (Å²) in [5.74, 6) is 4.90. The highest BCUT2D eigenvalue weighted by atomic mass is 16.2. The van der Waals surface area contributed by atoms with E-state index in [1.807, 2.05) is 12.1 Å². The van der Waals surface area contributed by atoms with E-state index >= 15 is 0 Å². The second kappa shape index (κ2) is 7.76. The van der Waals surface area contributed by atoms with Gasteiger partial charge in [-0.05, 0) is 44.1 Å². The van der Waals surface area contributed by atoms with E-state index in [9.17, 15) is 4.79 Å². The zero-order valence-electron chi connectivity index (χ0n) is 10.2. The average Bonchev–Trinajstić information content (AvgIpc) is 2.35. The summed E-state index contributed by atoms with van der Waals surface area (Å²) in [7, 11) is 2.07. The predicted molar refractivity (Wildman–Crippen MR) is 66.8 cm³/mol. The van der Waals surface area contributed by atoms with Crippen LogP contribution in [0.1, 0.15) is 24.8 Å².